The Balaban J connectivity index is 2.21. The molecule has 1 N–H and O–H groups in total. The molecule has 0 aliphatic carbocycles. The summed E-state index contributed by atoms with van der Waals surface area (Å²) in [4.78, 5) is 2.53. The Kier molecular flexibility index (Phi) is 3.72. The summed E-state index contributed by atoms with van der Waals surface area (Å²) < 4.78 is 0. The maximum Gasteiger partial charge on any atom is 0.0761 e. The number of rotatable bonds is 3. The van der Waals surface area contributed by atoms with E-state index in [1.807, 2.05) is 19.1 Å². The number of benzene rings is 1. The van der Waals surface area contributed by atoms with Gasteiger partial charge in [-0.2, -0.15) is 0 Å². The van der Waals surface area contributed by atoms with Crippen molar-refractivity contribution in [2.75, 3.05) is 4.90 Å². The lowest BCUT2D eigenvalue weighted by Crippen LogP contribution is -2.33. The summed E-state index contributed by atoms with van der Waals surface area (Å²) in [5, 5.41) is 9.52. The largest absolute Gasteiger partial charge is 0.389 e. The highest BCUT2D eigenvalue weighted by atomic mass is 16.3. The molecule has 1 aliphatic heterocycles. The molecular formula is C15H23NO. The summed E-state index contributed by atoms with van der Waals surface area (Å²) in [6.45, 7) is 6.38. The molecule has 17 heavy (non-hydrogen) atoms. The van der Waals surface area contributed by atoms with E-state index in [2.05, 4.69) is 30.9 Å². The van der Waals surface area contributed by atoms with Crippen molar-refractivity contribution in [1.82, 2.24) is 0 Å². The summed E-state index contributed by atoms with van der Waals surface area (Å²) >= 11 is 0. The van der Waals surface area contributed by atoms with Crippen molar-refractivity contribution < 1.29 is 5.11 Å². The Morgan fingerprint density at radius 1 is 1.29 bits per heavy atom. The van der Waals surface area contributed by atoms with Crippen LogP contribution in [0.15, 0.2) is 24.3 Å². The molecule has 3 atom stereocenters. The van der Waals surface area contributed by atoms with Gasteiger partial charge in [0.05, 0.1) is 6.10 Å². The average Bonchev–Trinajstić information content (AvgIpc) is 2.70. The second-order valence-electron chi connectivity index (χ2n) is 5.16. The molecule has 0 amide bonds. The normalized spacial score (nSPS) is 26.2. The van der Waals surface area contributed by atoms with E-state index in [9.17, 15) is 5.11 Å². The predicted molar refractivity (Wildman–Crippen MR) is 72.3 cm³/mol. The van der Waals surface area contributed by atoms with Crippen LogP contribution in [0, 0.1) is 0 Å². The van der Waals surface area contributed by atoms with Crippen LogP contribution in [0.4, 0.5) is 5.69 Å². The lowest BCUT2D eigenvalue weighted by molar-refractivity contribution is 0.199. The summed E-state index contributed by atoms with van der Waals surface area (Å²) in [6.07, 6.45) is 3.43. The highest BCUT2D eigenvalue weighted by molar-refractivity contribution is 5.50. The van der Waals surface area contributed by atoms with Gasteiger partial charge in [-0.25, -0.2) is 0 Å². The van der Waals surface area contributed by atoms with Crippen LogP contribution in [0.2, 0.25) is 0 Å². The molecule has 2 nitrogen and oxygen atoms in total. The van der Waals surface area contributed by atoms with Crippen LogP contribution < -0.4 is 4.90 Å². The zero-order chi connectivity index (χ0) is 12.4. The first-order chi connectivity index (χ1) is 8.13. The number of aliphatic hydroxyl groups excluding tert-OH is 1. The van der Waals surface area contributed by atoms with E-state index in [0.29, 0.717) is 12.1 Å². The fourth-order valence-corrected chi connectivity index (χ4v) is 2.86. The monoisotopic (exact) mass is 233 g/mol. The maximum absolute atomic E-state index is 9.52. The van der Waals surface area contributed by atoms with Gasteiger partial charge >= 0.3 is 0 Å². The second-order valence-corrected chi connectivity index (χ2v) is 5.16. The van der Waals surface area contributed by atoms with Crippen molar-refractivity contribution in [3.8, 4) is 0 Å². The number of hydrogen-bond acceptors (Lipinski definition) is 2. The molecule has 0 bridgehead atoms. The molecule has 2 rings (SSSR count). The van der Waals surface area contributed by atoms with Crippen molar-refractivity contribution in [3.05, 3.63) is 29.8 Å². The third-order valence-electron chi connectivity index (χ3n) is 3.93. The lowest BCUT2D eigenvalue weighted by Gasteiger charge is -2.30. The van der Waals surface area contributed by atoms with E-state index in [-0.39, 0.29) is 6.10 Å². The van der Waals surface area contributed by atoms with E-state index < -0.39 is 0 Å². The van der Waals surface area contributed by atoms with Crippen molar-refractivity contribution in [2.24, 2.45) is 0 Å². The first-order valence-corrected chi connectivity index (χ1v) is 6.69. The topological polar surface area (TPSA) is 23.5 Å². The molecule has 0 aromatic heterocycles. The molecule has 1 aliphatic rings. The second kappa shape index (κ2) is 5.09. The number of anilines is 1. The first-order valence-electron chi connectivity index (χ1n) is 6.69. The van der Waals surface area contributed by atoms with Crippen LogP contribution in [-0.4, -0.2) is 17.2 Å². The van der Waals surface area contributed by atoms with Crippen LogP contribution in [0.3, 0.4) is 0 Å². The van der Waals surface area contributed by atoms with Gasteiger partial charge in [0.15, 0.2) is 0 Å². The van der Waals surface area contributed by atoms with Gasteiger partial charge in [0, 0.05) is 17.8 Å². The van der Waals surface area contributed by atoms with Crippen LogP contribution in [-0.2, 0) is 0 Å². The van der Waals surface area contributed by atoms with Gasteiger partial charge in [-0.15, -0.1) is 0 Å². The van der Waals surface area contributed by atoms with Crippen molar-refractivity contribution in [2.45, 2.75) is 58.2 Å². The van der Waals surface area contributed by atoms with Gasteiger partial charge in [-0.05, 0) is 50.8 Å². The third-order valence-corrected chi connectivity index (χ3v) is 3.93. The van der Waals surface area contributed by atoms with E-state index in [1.54, 1.807) is 0 Å². The highest BCUT2D eigenvalue weighted by Crippen LogP contribution is 2.32. The minimum absolute atomic E-state index is 0.373. The van der Waals surface area contributed by atoms with Crippen molar-refractivity contribution >= 4 is 5.69 Å². The Labute approximate surface area is 104 Å². The van der Waals surface area contributed by atoms with Crippen LogP contribution in [0.5, 0.6) is 0 Å². The predicted octanol–water partition coefficient (Wildman–Crippen LogP) is 3.51. The van der Waals surface area contributed by atoms with Crippen molar-refractivity contribution in [3.63, 3.8) is 0 Å². The first kappa shape index (κ1) is 12.4. The van der Waals surface area contributed by atoms with Gasteiger partial charge in [0.25, 0.3) is 0 Å². The van der Waals surface area contributed by atoms with Crippen LogP contribution in [0.1, 0.15) is 51.7 Å². The quantitative estimate of drug-likeness (QED) is 0.863. The summed E-state index contributed by atoms with van der Waals surface area (Å²) in [7, 11) is 0. The van der Waals surface area contributed by atoms with E-state index in [1.165, 1.54) is 24.9 Å². The minimum Gasteiger partial charge on any atom is -0.389 e. The summed E-state index contributed by atoms with van der Waals surface area (Å²) in [6, 6.07) is 9.69. The van der Waals surface area contributed by atoms with E-state index >= 15 is 0 Å². The molecular weight excluding hydrogens is 210 g/mol. The van der Waals surface area contributed by atoms with Gasteiger partial charge in [0.1, 0.15) is 0 Å². The molecule has 1 fully saturated rings. The number of nitrogens with zero attached hydrogens (tertiary/aromatic N) is 1. The molecule has 0 spiro atoms. The Hall–Kier alpha value is -1.02. The van der Waals surface area contributed by atoms with Gasteiger partial charge in [-0.1, -0.05) is 19.1 Å². The number of aliphatic hydroxyl groups is 1. The average molecular weight is 233 g/mol. The third kappa shape index (κ3) is 2.47. The molecule has 1 saturated heterocycles. The molecule has 0 saturated carbocycles. The van der Waals surface area contributed by atoms with E-state index in [0.717, 1.165) is 5.56 Å². The molecule has 1 aromatic carbocycles. The maximum atomic E-state index is 9.52. The fourth-order valence-electron chi connectivity index (χ4n) is 2.86. The molecule has 94 valence electrons. The molecule has 0 radical (unpaired) electrons. The standard InChI is InChI=1S/C15H23NO/c1-4-14-8-5-11(2)16(14)15-9-6-13(7-10-15)12(3)17/h6-7,9-12,14,17H,4-5,8H2,1-3H3. The van der Waals surface area contributed by atoms with Gasteiger partial charge in [0.2, 0.25) is 0 Å². The zero-order valence-electron chi connectivity index (χ0n) is 11.1. The Bertz CT molecular complexity index is 358. The summed E-state index contributed by atoms with van der Waals surface area (Å²) in [5.41, 5.74) is 2.29. The van der Waals surface area contributed by atoms with E-state index in [4.69, 9.17) is 0 Å². The SMILES string of the molecule is CCC1CCC(C)N1c1ccc(C(C)O)cc1. The van der Waals surface area contributed by atoms with Crippen LogP contribution in [0.25, 0.3) is 0 Å². The van der Waals surface area contributed by atoms with Gasteiger partial charge in [-0.3, -0.25) is 0 Å². The smallest absolute Gasteiger partial charge is 0.0761 e. The number of hydrogen-bond donors (Lipinski definition) is 1. The lowest BCUT2D eigenvalue weighted by atomic mass is 10.1. The minimum atomic E-state index is -0.373. The Morgan fingerprint density at radius 2 is 1.94 bits per heavy atom. The Morgan fingerprint density at radius 3 is 2.47 bits per heavy atom. The van der Waals surface area contributed by atoms with Crippen LogP contribution >= 0.6 is 0 Å². The zero-order valence-corrected chi connectivity index (χ0v) is 11.1. The highest BCUT2D eigenvalue weighted by Gasteiger charge is 2.29. The molecule has 1 heterocycles. The van der Waals surface area contributed by atoms with Crippen molar-refractivity contribution in [1.29, 1.82) is 0 Å². The van der Waals surface area contributed by atoms with Gasteiger partial charge < -0.3 is 10.0 Å². The molecule has 2 heteroatoms. The fraction of sp³-hybridized carbons (Fsp3) is 0.600. The molecule has 1 aromatic rings. The molecule has 3 unspecified atom stereocenters. The summed E-state index contributed by atoms with van der Waals surface area (Å²) in [5.74, 6) is 0.